The maximum absolute atomic E-state index is 15.0. The number of carbonyl (C=O) groups is 1. The molecule has 36 heavy (non-hydrogen) atoms. The molecule has 0 radical (unpaired) electrons. The summed E-state index contributed by atoms with van der Waals surface area (Å²) >= 11 is 0. The molecule has 1 aromatic rings. The summed E-state index contributed by atoms with van der Waals surface area (Å²) in [6, 6.07) is 7.24. The van der Waals surface area contributed by atoms with Gasteiger partial charge in [-0.05, 0) is 67.1 Å². The van der Waals surface area contributed by atoms with Crippen molar-refractivity contribution in [1.82, 2.24) is 0 Å². The van der Waals surface area contributed by atoms with E-state index in [2.05, 4.69) is 6.58 Å². The number of allylic oxidation sites excluding steroid dienone is 1. The molecule has 196 valence electrons. The monoisotopic (exact) mass is 510 g/mol. The topological polar surface area (TPSA) is 57.5 Å². The van der Waals surface area contributed by atoms with E-state index in [9.17, 15) is 37.0 Å². The molecule has 0 amide bonds. The fourth-order valence-electron chi connectivity index (χ4n) is 8.02. The first kappa shape index (κ1) is 25.6. The first-order chi connectivity index (χ1) is 16.7. The lowest BCUT2D eigenvalue weighted by Gasteiger charge is -2.57. The van der Waals surface area contributed by atoms with Crippen LogP contribution in [0.1, 0.15) is 75.3 Å². The van der Waals surface area contributed by atoms with E-state index in [-0.39, 0.29) is 43.8 Å². The van der Waals surface area contributed by atoms with Crippen LogP contribution in [0.5, 0.6) is 0 Å². The number of aliphatic hydroxyl groups is 2. The average molecular weight is 511 g/mol. The van der Waals surface area contributed by atoms with E-state index in [1.54, 1.807) is 6.08 Å². The minimum atomic E-state index is -5.88. The lowest BCUT2D eigenvalue weighted by Crippen LogP contribution is -2.65. The van der Waals surface area contributed by atoms with E-state index in [1.165, 1.54) is 6.92 Å². The van der Waals surface area contributed by atoms with Gasteiger partial charge >= 0.3 is 12.1 Å². The van der Waals surface area contributed by atoms with Gasteiger partial charge in [-0.1, -0.05) is 49.4 Å². The molecular formula is C28H31F5O3. The normalized spacial score (nSPS) is 38.9. The Morgan fingerprint density at radius 1 is 1.03 bits per heavy atom. The molecule has 0 spiro atoms. The number of hydrogen-bond acceptors (Lipinski definition) is 3. The number of Topliss-reactive ketones (excluding diaryl/α,β-unsaturated/α-hetero) is 1. The fourth-order valence-corrected chi connectivity index (χ4v) is 8.02. The quantitative estimate of drug-likeness (QED) is 0.368. The smallest absolute Gasteiger partial charge is 0.385 e. The van der Waals surface area contributed by atoms with E-state index in [0.29, 0.717) is 12.8 Å². The zero-order chi connectivity index (χ0) is 26.3. The fraction of sp³-hybridized carbons (Fsp3) is 0.607. The van der Waals surface area contributed by atoms with Crippen LogP contribution in [0.2, 0.25) is 0 Å². The van der Waals surface area contributed by atoms with Crippen molar-refractivity contribution in [3.63, 3.8) is 0 Å². The summed E-state index contributed by atoms with van der Waals surface area (Å²) in [6.45, 7) is 5.13. The molecule has 1 aromatic carbocycles. The number of alkyl halides is 5. The van der Waals surface area contributed by atoms with Crippen molar-refractivity contribution in [1.29, 1.82) is 0 Å². The summed E-state index contributed by atoms with van der Waals surface area (Å²) in [6.07, 6.45) is -3.68. The Morgan fingerprint density at radius 3 is 2.31 bits per heavy atom. The summed E-state index contributed by atoms with van der Waals surface area (Å²) in [5.41, 5.74) is -3.06. The summed E-state index contributed by atoms with van der Waals surface area (Å²) < 4.78 is 70.8. The summed E-state index contributed by atoms with van der Waals surface area (Å²) in [4.78, 5) is 12.2. The summed E-state index contributed by atoms with van der Waals surface area (Å²) in [5, 5.41) is 22.8. The van der Waals surface area contributed by atoms with E-state index in [1.807, 2.05) is 24.3 Å². The van der Waals surface area contributed by atoms with Crippen LogP contribution >= 0.6 is 0 Å². The second-order valence-corrected chi connectivity index (χ2v) is 11.4. The predicted molar refractivity (Wildman–Crippen MR) is 124 cm³/mol. The van der Waals surface area contributed by atoms with Crippen LogP contribution in [0.15, 0.2) is 42.0 Å². The molecule has 0 aliphatic heterocycles. The minimum Gasteiger partial charge on any atom is -0.385 e. The highest BCUT2D eigenvalue weighted by Gasteiger charge is 2.79. The molecule has 3 nitrogen and oxygen atoms in total. The van der Waals surface area contributed by atoms with Gasteiger partial charge in [0.2, 0.25) is 0 Å². The molecule has 5 rings (SSSR count). The number of carbonyl (C=O) groups excluding carboxylic acids is 1. The Bertz CT molecular complexity index is 1120. The molecule has 0 unspecified atom stereocenters. The number of rotatable bonds is 3. The molecule has 4 aliphatic rings. The van der Waals surface area contributed by atoms with Gasteiger partial charge in [-0.15, -0.1) is 0 Å². The van der Waals surface area contributed by atoms with Gasteiger partial charge in [0.25, 0.3) is 0 Å². The van der Waals surface area contributed by atoms with E-state index in [0.717, 1.165) is 22.3 Å². The second kappa shape index (κ2) is 7.97. The second-order valence-electron chi connectivity index (χ2n) is 11.4. The Labute approximate surface area is 207 Å². The van der Waals surface area contributed by atoms with Gasteiger partial charge in [0.05, 0.1) is 5.60 Å². The third-order valence-electron chi connectivity index (χ3n) is 9.84. The molecule has 3 fully saturated rings. The first-order valence-electron chi connectivity index (χ1n) is 12.6. The number of ketones is 1. The SMILES string of the molecule is C=Cc1ccc([C@H]2C[C@@]3(C)[C@@H](CC[C@@]3(O)C(F)(F)C(F)(F)F)[C@@H]3CC[C@@]4(O)CC(=O)CCC4=C32)cc1. The third-order valence-corrected chi connectivity index (χ3v) is 9.84. The van der Waals surface area contributed by atoms with Gasteiger partial charge in [0, 0.05) is 24.2 Å². The molecule has 0 heterocycles. The van der Waals surface area contributed by atoms with Crippen LogP contribution in [0.4, 0.5) is 22.0 Å². The highest BCUT2D eigenvalue weighted by molar-refractivity contribution is 5.82. The van der Waals surface area contributed by atoms with E-state index in [4.69, 9.17) is 0 Å². The Balaban J connectivity index is 1.69. The number of hydrogen-bond donors (Lipinski definition) is 2. The maximum Gasteiger partial charge on any atom is 0.456 e. The van der Waals surface area contributed by atoms with Crippen LogP contribution < -0.4 is 0 Å². The van der Waals surface area contributed by atoms with Crippen molar-refractivity contribution in [2.45, 2.75) is 87.5 Å². The van der Waals surface area contributed by atoms with Crippen molar-refractivity contribution in [3.05, 3.63) is 53.1 Å². The van der Waals surface area contributed by atoms with E-state index >= 15 is 0 Å². The maximum atomic E-state index is 15.0. The summed E-state index contributed by atoms with van der Waals surface area (Å²) in [7, 11) is 0. The molecule has 8 heteroatoms. The zero-order valence-electron chi connectivity index (χ0n) is 20.2. The summed E-state index contributed by atoms with van der Waals surface area (Å²) in [5.74, 6) is -6.80. The van der Waals surface area contributed by atoms with Crippen molar-refractivity contribution in [3.8, 4) is 0 Å². The van der Waals surface area contributed by atoms with Crippen LogP contribution in [-0.4, -0.2) is 39.3 Å². The third kappa shape index (κ3) is 3.32. The van der Waals surface area contributed by atoms with Crippen LogP contribution in [0, 0.1) is 17.3 Å². The van der Waals surface area contributed by atoms with Crippen molar-refractivity contribution in [2.24, 2.45) is 17.3 Å². The van der Waals surface area contributed by atoms with Crippen LogP contribution in [0.25, 0.3) is 6.08 Å². The van der Waals surface area contributed by atoms with Gasteiger partial charge in [-0.2, -0.15) is 22.0 Å². The van der Waals surface area contributed by atoms with Crippen molar-refractivity contribution in [2.75, 3.05) is 0 Å². The predicted octanol–water partition coefficient (Wildman–Crippen LogP) is 6.35. The van der Waals surface area contributed by atoms with Gasteiger partial charge in [0.1, 0.15) is 11.4 Å². The lowest BCUT2D eigenvalue weighted by atomic mass is 9.49. The highest BCUT2D eigenvalue weighted by Crippen LogP contribution is 2.71. The Hall–Kier alpha value is -2.06. The minimum absolute atomic E-state index is 0.00130. The number of halogens is 5. The average Bonchev–Trinajstić information content (AvgIpc) is 3.09. The van der Waals surface area contributed by atoms with Crippen LogP contribution in [-0.2, 0) is 4.79 Å². The van der Waals surface area contributed by atoms with Crippen molar-refractivity contribution < 1.29 is 37.0 Å². The molecule has 2 N–H and O–H groups in total. The molecular weight excluding hydrogens is 479 g/mol. The molecule has 6 atom stereocenters. The van der Waals surface area contributed by atoms with Crippen LogP contribution in [0.3, 0.4) is 0 Å². The molecule has 4 aliphatic carbocycles. The molecule has 0 saturated heterocycles. The lowest BCUT2D eigenvalue weighted by molar-refractivity contribution is -0.362. The Kier molecular flexibility index (Phi) is 5.66. The standard InChI is InChI=1S/C28H31F5O3/c1-3-16-4-6-17(7-5-16)20-15-24(2)21(11-13-26(24,36)27(29,30)28(31,32)33)19-10-12-25(35)14-18(34)8-9-22(25)23(19)20/h3-7,19-21,35-36H,1,8-15H2,2H3/t19-,20+,21-,24-,25+,26-/m0/s1. The van der Waals surface area contributed by atoms with E-state index < -0.39 is 47.0 Å². The highest BCUT2D eigenvalue weighted by atomic mass is 19.4. The Morgan fingerprint density at radius 2 is 1.69 bits per heavy atom. The van der Waals surface area contributed by atoms with Gasteiger partial charge in [-0.25, -0.2) is 0 Å². The van der Waals surface area contributed by atoms with Gasteiger partial charge in [0.15, 0.2) is 0 Å². The molecule has 3 saturated carbocycles. The van der Waals surface area contributed by atoms with Crippen molar-refractivity contribution >= 4 is 11.9 Å². The number of fused-ring (bicyclic) bond motifs is 4. The van der Waals surface area contributed by atoms with Gasteiger partial charge < -0.3 is 10.2 Å². The zero-order valence-corrected chi connectivity index (χ0v) is 20.2. The largest absolute Gasteiger partial charge is 0.456 e. The molecule has 0 aromatic heterocycles. The first-order valence-corrected chi connectivity index (χ1v) is 12.6. The number of benzene rings is 1. The van der Waals surface area contributed by atoms with Gasteiger partial charge in [-0.3, -0.25) is 4.79 Å². The molecule has 0 bridgehead atoms.